The number of alkyl halides is 1. The second-order valence-electron chi connectivity index (χ2n) is 2.62. The van der Waals surface area contributed by atoms with Gasteiger partial charge in [0.1, 0.15) is 0 Å². The molecular formula is C8H15IO. The lowest BCUT2D eigenvalue weighted by atomic mass is 9.89. The molecule has 0 rings (SSSR count). The zero-order valence-corrected chi connectivity index (χ0v) is 8.76. The van der Waals surface area contributed by atoms with Crippen molar-refractivity contribution in [3.8, 4) is 0 Å². The fourth-order valence-corrected chi connectivity index (χ4v) is 1.99. The van der Waals surface area contributed by atoms with Crippen molar-refractivity contribution in [2.45, 2.75) is 25.9 Å². The molecule has 0 aromatic heterocycles. The summed E-state index contributed by atoms with van der Waals surface area (Å²) in [5, 5.41) is 9.82. The van der Waals surface area contributed by atoms with Crippen molar-refractivity contribution in [3.63, 3.8) is 0 Å². The third kappa shape index (κ3) is 2.23. The summed E-state index contributed by atoms with van der Waals surface area (Å²) in [7, 11) is 0. The van der Waals surface area contributed by atoms with Gasteiger partial charge in [-0.1, -0.05) is 42.5 Å². The second-order valence-corrected chi connectivity index (χ2v) is 3.38. The van der Waals surface area contributed by atoms with Gasteiger partial charge in [0.05, 0.1) is 5.60 Å². The van der Waals surface area contributed by atoms with Crippen LogP contribution in [0.1, 0.15) is 20.3 Å². The Morgan fingerprint density at radius 1 is 1.80 bits per heavy atom. The smallest absolute Gasteiger partial charge is 0.0793 e. The number of halogens is 1. The molecule has 0 amide bonds. The minimum atomic E-state index is -0.539. The van der Waals surface area contributed by atoms with Crippen LogP contribution in [0.25, 0.3) is 0 Å². The highest BCUT2D eigenvalue weighted by atomic mass is 127. The van der Waals surface area contributed by atoms with Gasteiger partial charge in [0, 0.05) is 10.3 Å². The van der Waals surface area contributed by atoms with E-state index in [9.17, 15) is 5.11 Å². The van der Waals surface area contributed by atoms with Crippen LogP contribution >= 0.6 is 22.6 Å². The lowest BCUT2D eigenvalue weighted by molar-refractivity contribution is 0.0289. The Balaban J connectivity index is 4.15. The fraction of sp³-hybridized carbons (Fsp3) is 0.750. The first-order valence-corrected chi connectivity index (χ1v) is 5.04. The van der Waals surface area contributed by atoms with Crippen molar-refractivity contribution in [1.29, 1.82) is 0 Å². The number of hydrogen-bond acceptors (Lipinski definition) is 1. The van der Waals surface area contributed by atoms with Gasteiger partial charge in [-0.15, -0.1) is 6.58 Å². The Morgan fingerprint density at radius 2 is 2.30 bits per heavy atom. The zero-order chi connectivity index (χ0) is 8.20. The van der Waals surface area contributed by atoms with Crippen LogP contribution in [0.3, 0.4) is 0 Å². The summed E-state index contributed by atoms with van der Waals surface area (Å²) in [5.41, 5.74) is -0.539. The van der Waals surface area contributed by atoms with Gasteiger partial charge >= 0.3 is 0 Å². The molecule has 0 aromatic rings. The van der Waals surface area contributed by atoms with Gasteiger partial charge in [0.15, 0.2) is 0 Å². The van der Waals surface area contributed by atoms with Crippen molar-refractivity contribution in [2.24, 2.45) is 5.92 Å². The normalized spacial score (nSPS) is 19.6. The van der Waals surface area contributed by atoms with Gasteiger partial charge in [0.2, 0.25) is 0 Å². The van der Waals surface area contributed by atoms with Crippen LogP contribution in [0, 0.1) is 5.92 Å². The van der Waals surface area contributed by atoms with E-state index in [1.807, 2.05) is 19.9 Å². The van der Waals surface area contributed by atoms with Gasteiger partial charge in [-0.05, 0) is 6.42 Å². The van der Waals surface area contributed by atoms with Crippen molar-refractivity contribution in [2.75, 3.05) is 4.43 Å². The molecular weight excluding hydrogens is 239 g/mol. The number of aliphatic hydroxyl groups is 1. The van der Waals surface area contributed by atoms with E-state index < -0.39 is 5.60 Å². The van der Waals surface area contributed by atoms with Gasteiger partial charge < -0.3 is 5.11 Å². The maximum atomic E-state index is 9.82. The summed E-state index contributed by atoms with van der Waals surface area (Å²) in [6.45, 7) is 7.65. The lowest BCUT2D eigenvalue weighted by Gasteiger charge is -2.29. The van der Waals surface area contributed by atoms with Crippen LogP contribution in [0.2, 0.25) is 0 Å². The maximum Gasteiger partial charge on any atom is 0.0793 e. The summed E-state index contributed by atoms with van der Waals surface area (Å²) in [6, 6.07) is 0. The van der Waals surface area contributed by atoms with E-state index in [0.717, 1.165) is 10.8 Å². The molecule has 0 heterocycles. The minimum absolute atomic E-state index is 0.189. The van der Waals surface area contributed by atoms with Crippen LogP contribution < -0.4 is 0 Å². The largest absolute Gasteiger partial charge is 0.388 e. The lowest BCUT2D eigenvalue weighted by Crippen LogP contribution is -2.36. The monoisotopic (exact) mass is 254 g/mol. The van der Waals surface area contributed by atoms with Crippen molar-refractivity contribution < 1.29 is 5.11 Å². The van der Waals surface area contributed by atoms with Gasteiger partial charge in [-0.25, -0.2) is 0 Å². The third-order valence-corrected chi connectivity index (χ3v) is 3.37. The van der Waals surface area contributed by atoms with Gasteiger partial charge in [-0.2, -0.15) is 0 Å². The summed E-state index contributed by atoms with van der Waals surface area (Å²) in [6.07, 6.45) is 2.60. The van der Waals surface area contributed by atoms with Crippen molar-refractivity contribution >= 4 is 22.6 Å². The molecule has 10 heavy (non-hydrogen) atoms. The third-order valence-electron chi connectivity index (χ3n) is 2.04. The molecule has 1 N–H and O–H groups in total. The molecule has 0 spiro atoms. The Morgan fingerprint density at radius 3 is 2.40 bits per heavy atom. The predicted octanol–water partition coefficient (Wildman–Crippen LogP) is 2.38. The maximum absolute atomic E-state index is 9.82. The van der Waals surface area contributed by atoms with Crippen LogP contribution in [0.4, 0.5) is 0 Å². The molecule has 1 nitrogen and oxygen atoms in total. The Hall–Kier alpha value is 0.430. The van der Waals surface area contributed by atoms with E-state index in [1.54, 1.807) is 0 Å². The van der Waals surface area contributed by atoms with Gasteiger partial charge in [0.25, 0.3) is 0 Å². The first-order chi connectivity index (χ1) is 4.60. The van der Waals surface area contributed by atoms with E-state index in [2.05, 4.69) is 29.2 Å². The fourth-order valence-electron chi connectivity index (χ4n) is 0.758. The first kappa shape index (κ1) is 10.4. The summed E-state index contributed by atoms with van der Waals surface area (Å²) < 4.78 is 0.772. The molecule has 0 saturated carbocycles. The SMILES string of the molecule is C=CC(C)[C@@](O)(CC)CI. The Labute approximate surface area is 76.7 Å². The van der Waals surface area contributed by atoms with E-state index in [4.69, 9.17) is 0 Å². The molecule has 0 aliphatic rings. The Kier molecular flexibility index (Phi) is 4.52. The molecule has 2 atom stereocenters. The highest BCUT2D eigenvalue weighted by Crippen LogP contribution is 2.24. The van der Waals surface area contributed by atoms with Crippen LogP contribution in [0.15, 0.2) is 12.7 Å². The molecule has 0 bridgehead atoms. The topological polar surface area (TPSA) is 20.2 Å². The van der Waals surface area contributed by atoms with Crippen molar-refractivity contribution in [3.05, 3.63) is 12.7 Å². The van der Waals surface area contributed by atoms with E-state index >= 15 is 0 Å². The first-order valence-electron chi connectivity index (χ1n) is 3.51. The minimum Gasteiger partial charge on any atom is -0.388 e. The number of hydrogen-bond donors (Lipinski definition) is 1. The van der Waals surface area contributed by atoms with E-state index in [1.165, 1.54) is 0 Å². The molecule has 0 fully saturated rings. The summed E-state index contributed by atoms with van der Waals surface area (Å²) in [5.74, 6) is 0.189. The summed E-state index contributed by atoms with van der Waals surface area (Å²) in [4.78, 5) is 0. The molecule has 0 aliphatic carbocycles. The quantitative estimate of drug-likeness (QED) is 0.464. The van der Waals surface area contributed by atoms with Crippen LogP contribution in [-0.2, 0) is 0 Å². The average Bonchev–Trinajstić information content (AvgIpc) is 2.01. The van der Waals surface area contributed by atoms with Crippen LogP contribution in [0.5, 0.6) is 0 Å². The van der Waals surface area contributed by atoms with Crippen molar-refractivity contribution in [1.82, 2.24) is 0 Å². The molecule has 60 valence electrons. The predicted molar refractivity (Wildman–Crippen MR) is 53.5 cm³/mol. The molecule has 0 aliphatic heterocycles. The molecule has 0 aromatic carbocycles. The van der Waals surface area contributed by atoms with E-state index in [0.29, 0.717) is 0 Å². The van der Waals surface area contributed by atoms with Crippen LogP contribution in [-0.4, -0.2) is 15.1 Å². The molecule has 2 heteroatoms. The summed E-state index contributed by atoms with van der Waals surface area (Å²) >= 11 is 2.21. The second kappa shape index (κ2) is 4.34. The molecule has 0 saturated heterocycles. The zero-order valence-electron chi connectivity index (χ0n) is 6.60. The van der Waals surface area contributed by atoms with Gasteiger partial charge in [-0.3, -0.25) is 0 Å². The molecule has 1 unspecified atom stereocenters. The highest BCUT2D eigenvalue weighted by molar-refractivity contribution is 14.1. The standard InChI is InChI=1S/C8H15IO/c1-4-7(3)8(10,5-2)6-9/h4,7,10H,1,5-6H2,2-3H3/t7?,8-/m1/s1. The highest BCUT2D eigenvalue weighted by Gasteiger charge is 2.27. The average molecular weight is 254 g/mol. The van der Waals surface area contributed by atoms with E-state index in [-0.39, 0.29) is 5.92 Å². The Bertz CT molecular complexity index is 108. The number of rotatable bonds is 4. The molecule has 0 radical (unpaired) electrons.